The van der Waals surface area contributed by atoms with Gasteiger partial charge >= 0.3 is 5.97 Å². The first-order chi connectivity index (χ1) is 8.15. The van der Waals surface area contributed by atoms with Gasteiger partial charge in [0.25, 0.3) is 0 Å². The van der Waals surface area contributed by atoms with Crippen molar-refractivity contribution >= 4 is 33.2 Å². The molecule has 0 radical (unpaired) electrons. The standard InChI is InChI=1S/C12H9BrO3S/c13-11-5-4-10(17-11)7-16-9-3-1-2-8(6-9)12(14)15/h1-6H,7H2,(H,14,15). The van der Waals surface area contributed by atoms with Crippen molar-refractivity contribution in [1.29, 1.82) is 0 Å². The van der Waals surface area contributed by atoms with Gasteiger partial charge in [-0.15, -0.1) is 11.3 Å². The van der Waals surface area contributed by atoms with E-state index in [1.807, 2.05) is 12.1 Å². The van der Waals surface area contributed by atoms with E-state index in [0.717, 1.165) is 8.66 Å². The maximum atomic E-state index is 10.8. The Balaban J connectivity index is 2.04. The number of carboxylic acids is 1. The zero-order chi connectivity index (χ0) is 12.3. The summed E-state index contributed by atoms with van der Waals surface area (Å²) in [5.41, 5.74) is 0.231. The average Bonchev–Trinajstić information content (AvgIpc) is 2.73. The number of hydrogen-bond donors (Lipinski definition) is 1. The summed E-state index contributed by atoms with van der Waals surface area (Å²) in [4.78, 5) is 11.9. The number of rotatable bonds is 4. The fourth-order valence-corrected chi connectivity index (χ4v) is 2.70. The van der Waals surface area contributed by atoms with Crippen LogP contribution in [0.4, 0.5) is 0 Å². The highest BCUT2D eigenvalue weighted by atomic mass is 79.9. The van der Waals surface area contributed by atoms with Gasteiger partial charge in [0.05, 0.1) is 9.35 Å². The van der Waals surface area contributed by atoms with Crippen LogP contribution in [-0.4, -0.2) is 11.1 Å². The molecule has 0 saturated carbocycles. The Morgan fingerprint density at radius 1 is 1.35 bits per heavy atom. The molecule has 5 heteroatoms. The number of halogens is 1. The van der Waals surface area contributed by atoms with Crippen LogP contribution in [0.1, 0.15) is 15.2 Å². The summed E-state index contributed by atoms with van der Waals surface area (Å²) in [6.45, 7) is 0.444. The molecule has 1 heterocycles. The molecule has 0 bridgehead atoms. The predicted molar refractivity (Wildman–Crippen MR) is 69.8 cm³/mol. The van der Waals surface area contributed by atoms with Crippen molar-refractivity contribution in [2.75, 3.05) is 0 Å². The summed E-state index contributed by atoms with van der Waals surface area (Å²) in [5, 5.41) is 8.84. The smallest absolute Gasteiger partial charge is 0.335 e. The van der Waals surface area contributed by atoms with E-state index in [9.17, 15) is 4.79 Å². The molecule has 1 aromatic carbocycles. The number of benzene rings is 1. The molecule has 0 spiro atoms. The van der Waals surface area contributed by atoms with E-state index >= 15 is 0 Å². The van der Waals surface area contributed by atoms with Crippen molar-refractivity contribution in [3.63, 3.8) is 0 Å². The SMILES string of the molecule is O=C(O)c1cccc(OCc2ccc(Br)s2)c1. The van der Waals surface area contributed by atoms with E-state index in [-0.39, 0.29) is 5.56 Å². The van der Waals surface area contributed by atoms with Gasteiger partial charge < -0.3 is 9.84 Å². The second-order valence-electron chi connectivity index (χ2n) is 3.33. The molecule has 1 aromatic heterocycles. The first-order valence-corrected chi connectivity index (χ1v) is 6.46. The normalized spacial score (nSPS) is 10.2. The summed E-state index contributed by atoms with van der Waals surface area (Å²) in [7, 11) is 0. The summed E-state index contributed by atoms with van der Waals surface area (Å²) in [5.74, 6) is -0.385. The van der Waals surface area contributed by atoms with Gasteiger partial charge in [-0.25, -0.2) is 4.79 Å². The molecular formula is C12H9BrO3S. The van der Waals surface area contributed by atoms with Gasteiger partial charge in [-0.1, -0.05) is 6.07 Å². The van der Waals surface area contributed by atoms with E-state index in [1.54, 1.807) is 23.5 Å². The fourth-order valence-electron chi connectivity index (χ4n) is 1.30. The van der Waals surface area contributed by atoms with E-state index < -0.39 is 5.97 Å². The molecule has 1 N–H and O–H groups in total. The van der Waals surface area contributed by atoms with Crippen LogP contribution >= 0.6 is 27.3 Å². The number of hydrogen-bond acceptors (Lipinski definition) is 3. The topological polar surface area (TPSA) is 46.5 Å². The van der Waals surface area contributed by atoms with Crippen molar-refractivity contribution in [2.45, 2.75) is 6.61 Å². The lowest BCUT2D eigenvalue weighted by molar-refractivity contribution is 0.0696. The number of aromatic carboxylic acids is 1. The number of thiophene rings is 1. The molecule has 0 saturated heterocycles. The molecule has 0 unspecified atom stereocenters. The quantitative estimate of drug-likeness (QED) is 0.934. The maximum absolute atomic E-state index is 10.8. The largest absolute Gasteiger partial charge is 0.488 e. The van der Waals surface area contributed by atoms with Crippen LogP contribution in [0.25, 0.3) is 0 Å². The zero-order valence-corrected chi connectivity index (χ0v) is 11.1. The number of ether oxygens (including phenoxy) is 1. The van der Waals surface area contributed by atoms with Crippen LogP contribution in [0.3, 0.4) is 0 Å². The molecule has 0 fully saturated rings. The highest BCUT2D eigenvalue weighted by molar-refractivity contribution is 9.11. The van der Waals surface area contributed by atoms with E-state index in [1.165, 1.54) is 12.1 Å². The van der Waals surface area contributed by atoms with Crippen molar-refractivity contribution < 1.29 is 14.6 Å². The molecular weight excluding hydrogens is 304 g/mol. The fraction of sp³-hybridized carbons (Fsp3) is 0.0833. The maximum Gasteiger partial charge on any atom is 0.335 e. The van der Waals surface area contributed by atoms with E-state index in [4.69, 9.17) is 9.84 Å². The second-order valence-corrected chi connectivity index (χ2v) is 5.88. The van der Waals surface area contributed by atoms with E-state index in [0.29, 0.717) is 12.4 Å². The minimum atomic E-state index is -0.950. The first kappa shape index (κ1) is 12.1. The van der Waals surface area contributed by atoms with Crippen LogP contribution in [0.2, 0.25) is 0 Å². The molecule has 0 amide bonds. The number of carbonyl (C=O) groups is 1. The Labute approximate surface area is 111 Å². The third-order valence-corrected chi connectivity index (χ3v) is 3.69. The van der Waals surface area contributed by atoms with Gasteiger partial charge in [0.15, 0.2) is 0 Å². The Kier molecular flexibility index (Phi) is 3.81. The Hall–Kier alpha value is -1.33. The van der Waals surface area contributed by atoms with Crippen molar-refractivity contribution in [3.8, 4) is 5.75 Å². The van der Waals surface area contributed by atoms with Crippen LogP contribution in [-0.2, 0) is 6.61 Å². The van der Waals surface area contributed by atoms with Gasteiger partial charge in [-0.3, -0.25) is 0 Å². The summed E-state index contributed by atoms with van der Waals surface area (Å²) < 4.78 is 6.57. The van der Waals surface area contributed by atoms with Crippen molar-refractivity contribution in [1.82, 2.24) is 0 Å². The second kappa shape index (κ2) is 5.33. The Morgan fingerprint density at radius 3 is 2.82 bits per heavy atom. The third kappa shape index (κ3) is 3.31. The van der Waals surface area contributed by atoms with Crippen LogP contribution in [0.5, 0.6) is 5.75 Å². The Bertz CT molecular complexity index is 536. The Morgan fingerprint density at radius 2 is 2.18 bits per heavy atom. The molecule has 0 atom stereocenters. The van der Waals surface area contributed by atoms with E-state index in [2.05, 4.69) is 15.9 Å². The van der Waals surface area contributed by atoms with Crippen molar-refractivity contribution in [2.24, 2.45) is 0 Å². The molecule has 0 aliphatic rings. The highest BCUT2D eigenvalue weighted by Gasteiger charge is 2.04. The number of carboxylic acid groups (broad SMARTS) is 1. The van der Waals surface area contributed by atoms with Gasteiger partial charge in [0, 0.05) is 4.88 Å². The molecule has 3 nitrogen and oxygen atoms in total. The predicted octanol–water partition coefficient (Wildman–Crippen LogP) is 3.79. The monoisotopic (exact) mass is 312 g/mol. The minimum absolute atomic E-state index is 0.231. The third-order valence-electron chi connectivity index (χ3n) is 2.09. The average molecular weight is 313 g/mol. The summed E-state index contributed by atoms with van der Waals surface area (Å²) >= 11 is 4.97. The van der Waals surface area contributed by atoms with Gasteiger partial charge in [-0.05, 0) is 46.3 Å². The zero-order valence-electron chi connectivity index (χ0n) is 8.72. The molecule has 88 valence electrons. The molecule has 2 aromatic rings. The van der Waals surface area contributed by atoms with Gasteiger partial charge in [0.2, 0.25) is 0 Å². The van der Waals surface area contributed by atoms with Crippen molar-refractivity contribution in [3.05, 3.63) is 50.6 Å². The highest BCUT2D eigenvalue weighted by Crippen LogP contribution is 2.23. The molecule has 17 heavy (non-hydrogen) atoms. The molecule has 0 aliphatic carbocycles. The first-order valence-electron chi connectivity index (χ1n) is 4.85. The lowest BCUT2D eigenvalue weighted by Crippen LogP contribution is -1.98. The van der Waals surface area contributed by atoms with Crippen LogP contribution in [0, 0.1) is 0 Å². The van der Waals surface area contributed by atoms with Gasteiger partial charge in [-0.2, -0.15) is 0 Å². The minimum Gasteiger partial charge on any atom is -0.488 e. The van der Waals surface area contributed by atoms with Crippen LogP contribution in [0.15, 0.2) is 40.2 Å². The lowest BCUT2D eigenvalue weighted by atomic mass is 10.2. The van der Waals surface area contributed by atoms with Crippen LogP contribution < -0.4 is 4.74 Å². The summed E-state index contributed by atoms with van der Waals surface area (Å²) in [6, 6.07) is 10.4. The van der Waals surface area contributed by atoms with Gasteiger partial charge in [0.1, 0.15) is 12.4 Å². The lowest BCUT2D eigenvalue weighted by Gasteiger charge is -2.05. The molecule has 2 rings (SSSR count). The molecule has 0 aliphatic heterocycles. The summed E-state index contributed by atoms with van der Waals surface area (Å²) in [6.07, 6.45) is 0.